The Morgan fingerprint density at radius 1 is 0.840 bits per heavy atom. The molecule has 0 spiro atoms. The Morgan fingerprint density at radius 3 is 2.24 bits per heavy atom. The molecule has 25 heavy (non-hydrogen) atoms. The third-order valence-electron chi connectivity index (χ3n) is 9.23. The van der Waals surface area contributed by atoms with Gasteiger partial charge in [0.15, 0.2) is 0 Å². The van der Waals surface area contributed by atoms with Gasteiger partial charge in [0.2, 0.25) is 0 Å². The van der Waals surface area contributed by atoms with Gasteiger partial charge in [-0.1, -0.05) is 73.6 Å². The summed E-state index contributed by atoms with van der Waals surface area (Å²) in [5, 5.41) is 0. The molecule has 3 saturated carbocycles. The lowest BCUT2D eigenvalue weighted by Crippen LogP contribution is -2.36. The van der Waals surface area contributed by atoms with E-state index in [1.807, 2.05) is 0 Å². The highest BCUT2D eigenvalue weighted by Crippen LogP contribution is 2.60. The van der Waals surface area contributed by atoms with Crippen molar-refractivity contribution in [3.8, 4) is 0 Å². The minimum Gasteiger partial charge on any atom is -0.0628 e. The summed E-state index contributed by atoms with van der Waals surface area (Å²) < 4.78 is 0. The second-order valence-electron chi connectivity index (χ2n) is 11.4. The van der Waals surface area contributed by atoms with E-state index >= 15 is 0 Å². The number of hydrogen-bond donors (Lipinski definition) is 0. The highest BCUT2D eigenvalue weighted by Gasteiger charge is 2.51. The molecule has 0 aromatic heterocycles. The van der Waals surface area contributed by atoms with Gasteiger partial charge in [-0.15, -0.1) is 0 Å². The molecule has 0 aromatic carbocycles. The molecule has 8 unspecified atom stereocenters. The number of fused-ring (bicyclic) bond motifs is 2. The topological polar surface area (TPSA) is 0 Å². The van der Waals surface area contributed by atoms with Crippen LogP contribution in [0.3, 0.4) is 0 Å². The van der Waals surface area contributed by atoms with E-state index in [9.17, 15) is 0 Å². The molecule has 0 heterocycles. The summed E-state index contributed by atoms with van der Waals surface area (Å²) in [7, 11) is 0. The van der Waals surface area contributed by atoms with Crippen molar-refractivity contribution in [2.75, 3.05) is 0 Å². The molecule has 3 rings (SSSR count). The average Bonchev–Trinajstić information content (AvgIpc) is 3.04. The summed E-state index contributed by atoms with van der Waals surface area (Å²) in [5.41, 5.74) is 0.665. The Hall–Kier alpha value is 0. The van der Waals surface area contributed by atoms with Crippen LogP contribution in [0.1, 0.15) is 106 Å². The van der Waals surface area contributed by atoms with Gasteiger partial charge in [-0.25, -0.2) is 0 Å². The quantitative estimate of drug-likeness (QED) is 0.473. The molecule has 0 N–H and O–H groups in total. The normalized spacial score (nSPS) is 45.7. The smallest absolute Gasteiger partial charge is 0.0292 e. The Kier molecular flexibility index (Phi) is 6.27. The highest BCUT2D eigenvalue weighted by atomic mass is 14.6. The van der Waals surface area contributed by atoms with E-state index in [1.165, 1.54) is 57.8 Å². The van der Waals surface area contributed by atoms with Crippen molar-refractivity contribution in [3.05, 3.63) is 0 Å². The molecule has 0 radical (unpaired) electrons. The molecule has 3 fully saturated rings. The first-order valence-corrected chi connectivity index (χ1v) is 11.8. The van der Waals surface area contributed by atoms with Crippen LogP contribution < -0.4 is 0 Å². The average molecular weight is 347 g/mol. The van der Waals surface area contributed by atoms with E-state index in [1.54, 1.807) is 6.42 Å². The maximum Gasteiger partial charge on any atom is -0.0292 e. The lowest BCUT2D eigenvalue weighted by atomic mass is 9.61. The van der Waals surface area contributed by atoms with Crippen molar-refractivity contribution < 1.29 is 0 Å². The third-order valence-corrected chi connectivity index (χ3v) is 9.23. The van der Waals surface area contributed by atoms with Crippen molar-refractivity contribution in [3.63, 3.8) is 0 Å². The molecule has 3 aliphatic rings. The Balaban J connectivity index is 1.68. The Morgan fingerprint density at radius 2 is 1.52 bits per heavy atom. The van der Waals surface area contributed by atoms with Crippen LogP contribution in [0, 0.1) is 52.8 Å². The first-order chi connectivity index (χ1) is 11.8. The van der Waals surface area contributed by atoms with Crippen LogP contribution in [0.25, 0.3) is 0 Å². The lowest BCUT2D eigenvalue weighted by molar-refractivity contribution is 0.0532. The molecule has 0 nitrogen and oxygen atoms in total. The first kappa shape index (κ1) is 19.8. The van der Waals surface area contributed by atoms with Crippen molar-refractivity contribution in [2.24, 2.45) is 52.8 Å². The zero-order valence-corrected chi connectivity index (χ0v) is 18.2. The molecule has 0 aromatic rings. The van der Waals surface area contributed by atoms with Gasteiger partial charge in [-0.3, -0.25) is 0 Å². The minimum absolute atomic E-state index is 0.665. The van der Waals surface area contributed by atoms with Crippen LogP contribution in [0.2, 0.25) is 0 Å². The van der Waals surface area contributed by atoms with E-state index in [4.69, 9.17) is 0 Å². The van der Waals surface area contributed by atoms with E-state index in [-0.39, 0.29) is 0 Å². The molecule has 3 aliphatic carbocycles. The third kappa shape index (κ3) is 4.14. The SMILES string of the molecule is CC(C)CCCC(C)C1CCC2(C)CC3C(C)CCC3C(C)CCC12. The van der Waals surface area contributed by atoms with E-state index in [0.717, 1.165) is 47.3 Å². The fourth-order valence-corrected chi connectivity index (χ4v) is 7.52. The summed E-state index contributed by atoms with van der Waals surface area (Å²) in [6.07, 6.45) is 15.1. The predicted molar refractivity (Wildman–Crippen MR) is 111 cm³/mol. The fraction of sp³-hybridized carbons (Fsp3) is 1.00. The molecule has 146 valence electrons. The van der Waals surface area contributed by atoms with Gasteiger partial charge < -0.3 is 0 Å². The van der Waals surface area contributed by atoms with Crippen LogP contribution >= 0.6 is 0 Å². The Bertz CT molecular complexity index is 424. The molecular weight excluding hydrogens is 300 g/mol. The molecular formula is C25H46. The fourth-order valence-electron chi connectivity index (χ4n) is 7.52. The van der Waals surface area contributed by atoms with Gasteiger partial charge in [0.05, 0.1) is 0 Å². The van der Waals surface area contributed by atoms with Crippen LogP contribution in [0.5, 0.6) is 0 Å². The maximum absolute atomic E-state index is 2.70. The van der Waals surface area contributed by atoms with Gasteiger partial charge in [-0.05, 0) is 84.9 Å². The Labute approximate surface area is 158 Å². The minimum atomic E-state index is 0.665. The van der Waals surface area contributed by atoms with Crippen molar-refractivity contribution in [1.29, 1.82) is 0 Å². The second-order valence-corrected chi connectivity index (χ2v) is 11.4. The zero-order chi connectivity index (χ0) is 18.2. The van der Waals surface area contributed by atoms with Crippen LogP contribution in [-0.2, 0) is 0 Å². The molecule has 0 aliphatic heterocycles. The molecule has 0 amide bonds. The summed E-state index contributed by atoms with van der Waals surface area (Å²) in [5.74, 6) is 7.95. The van der Waals surface area contributed by atoms with Gasteiger partial charge in [0.1, 0.15) is 0 Å². The predicted octanol–water partition coefficient (Wildman–Crippen LogP) is 7.96. The molecule has 8 atom stereocenters. The van der Waals surface area contributed by atoms with E-state index < -0.39 is 0 Å². The van der Waals surface area contributed by atoms with Crippen LogP contribution in [0.4, 0.5) is 0 Å². The van der Waals surface area contributed by atoms with E-state index in [2.05, 4.69) is 41.5 Å². The highest BCUT2D eigenvalue weighted by molar-refractivity contribution is 5.01. The van der Waals surface area contributed by atoms with Gasteiger partial charge in [-0.2, -0.15) is 0 Å². The second kappa shape index (κ2) is 7.93. The number of hydrogen-bond acceptors (Lipinski definition) is 0. The zero-order valence-electron chi connectivity index (χ0n) is 18.2. The van der Waals surface area contributed by atoms with Gasteiger partial charge >= 0.3 is 0 Å². The summed E-state index contributed by atoms with van der Waals surface area (Å²) in [6, 6.07) is 0. The molecule has 0 bridgehead atoms. The molecule has 0 heteroatoms. The largest absolute Gasteiger partial charge is 0.0628 e. The van der Waals surface area contributed by atoms with Crippen molar-refractivity contribution in [1.82, 2.24) is 0 Å². The van der Waals surface area contributed by atoms with Crippen LogP contribution in [-0.4, -0.2) is 0 Å². The summed E-state index contributed by atoms with van der Waals surface area (Å²) in [4.78, 5) is 0. The standard InChI is InChI=1S/C25H46/c1-17(2)8-7-9-18(3)22-14-15-25(6)16-23-20(5)10-12-21(23)19(4)11-13-24(22)25/h17-24H,7-16H2,1-6H3. The lowest BCUT2D eigenvalue weighted by Gasteiger charge is -2.44. The monoisotopic (exact) mass is 346 g/mol. The number of rotatable bonds is 5. The van der Waals surface area contributed by atoms with Crippen molar-refractivity contribution in [2.45, 2.75) is 106 Å². The van der Waals surface area contributed by atoms with Crippen molar-refractivity contribution >= 4 is 0 Å². The van der Waals surface area contributed by atoms with Crippen LogP contribution in [0.15, 0.2) is 0 Å². The first-order valence-electron chi connectivity index (χ1n) is 11.8. The maximum atomic E-state index is 2.70. The molecule has 0 saturated heterocycles. The summed E-state index contributed by atoms with van der Waals surface area (Å²) in [6.45, 7) is 15.2. The van der Waals surface area contributed by atoms with Gasteiger partial charge in [0, 0.05) is 0 Å². The van der Waals surface area contributed by atoms with Gasteiger partial charge in [0.25, 0.3) is 0 Å². The summed E-state index contributed by atoms with van der Waals surface area (Å²) >= 11 is 0. The van der Waals surface area contributed by atoms with E-state index in [0.29, 0.717) is 5.41 Å².